The number of hydrogen-bond donors (Lipinski definition) is 0. The van der Waals surface area contributed by atoms with Gasteiger partial charge in [-0.15, -0.1) is 0 Å². The minimum absolute atomic E-state index is 0.136. The third kappa shape index (κ3) is 3.28. The van der Waals surface area contributed by atoms with E-state index in [1.54, 1.807) is 14.0 Å². The van der Waals surface area contributed by atoms with E-state index < -0.39 is 25.8 Å². The van der Waals surface area contributed by atoms with E-state index in [9.17, 15) is 13.2 Å². The van der Waals surface area contributed by atoms with E-state index in [-0.39, 0.29) is 12.7 Å². The van der Waals surface area contributed by atoms with Gasteiger partial charge in [0.05, 0.1) is 18.0 Å². The van der Waals surface area contributed by atoms with Crippen LogP contribution in [0.1, 0.15) is 46.5 Å². The number of hydrogen-bond acceptors (Lipinski definition) is 5. The van der Waals surface area contributed by atoms with Gasteiger partial charge in [0.25, 0.3) is 0 Å². The molecule has 1 saturated carbocycles. The molecule has 0 aromatic rings. The van der Waals surface area contributed by atoms with Crippen molar-refractivity contribution in [2.75, 3.05) is 13.7 Å². The molecular weight excluding hydrogens is 268 g/mol. The van der Waals surface area contributed by atoms with E-state index in [0.717, 1.165) is 12.8 Å². The molecule has 0 spiro atoms. The summed E-state index contributed by atoms with van der Waals surface area (Å²) in [6, 6.07) is 0. The lowest BCUT2D eigenvalue weighted by Gasteiger charge is -2.32. The minimum Gasteiger partial charge on any atom is -0.465 e. The summed E-state index contributed by atoms with van der Waals surface area (Å²) in [6.07, 6.45) is 2.67. The Morgan fingerprint density at radius 3 is 2.16 bits per heavy atom. The van der Waals surface area contributed by atoms with E-state index in [1.807, 2.05) is 0 Å². The molecule has 1 aliphatic rings. The first kappa shape index (κ1) is 16.4. The summed E-state index contributed by atoms with van der Waals surface area (Å²) in [4.78, 5) is 11.8. The number of ether oxygens (including phenoxy) is 2. The molecule has 0 heterocycles. The molecule has 0 amide bonds. The van der Waals surface area contributed by atoms with Crippen molar-refractivity contribution in [3.63, 3.8) is 0 Å². The largest absolute Gasteiger partial charge is 0.465 e. The van der Waals surface area contributed by atoms with Gasteiger partial charge in [-0.25, -0.2) is 8.42 Å². The summed E-state index contributed by atoms with van der Waals surface area (Å²) in [5.41, 5.74) is 0. The highest BCUT2D eigenvalue weighted by atomic mass is 32.2. The average molecular weight is 292 g/mol. The molecule has 0 aliphatic heterocycles. The van der Waals surface area contributed by atoms with Gasteiger partial charge in [-0.2, -0.15) is 0 Å². The van der Waals surface area contributed by atoms with Crippen LogP contribution in [0, 0.1) is 0 Å². The maximum atomic E-state index is 12.6. The van der Waals surface area contributed by atoms with Gasteiger partial charge < -0.3 is 9.47 Å². The van der Waals surface area contributed by atoms with Crippen LogP contribution in [0.15, 0.2) is 0 Å². The molecule has 0 aromatic heterocycles. The van der Waals surface area contributed by atoms with Gasteiger partial charge >= 0.3 is 5.97 Å². The zero-order chi connectivity index (χ0) is 14.7. The molecule has 1 aliphatic carbocycles. The van der Waals surface area contributed by atoms with Crippen molar-refractivity contribution in [1.82, 2.24) is 0 Å². The number of esters is 1. The highest BCUT2D eigenvalue weighted by Crippen LogP contribution is 2.32. The van der Waals surface area contributed by atoms with Crippen LogP contribution >= 0.6 is 0 Å². The second-order valence-electron chi connectivity index (χ2n) is 5.41. The van der Waals surface area contributed by atoms with Crippen molar-refractivity contribution in [3.8, 4) is 0 Å². The first-order valence-electron chi connectivity index (χ1n) is 6.70. The van der Waals surface area contributed by atoms with E-state index in [0.29, 0.717) is 12.8 Å². The summed E-state index contributed by atoms with van der Waals surface area (Å²) in [5, 5.41) is -0.474. The second-order valence-corrected chi connectivity index (χ2v) is 8.19. The quantitative estimate of drug-likeness (QED) is 0.721. The van der Waals surface area contributed by atoms with Gasteiger partial charge in [0.2, 0.25) is 0 Å². The van der Waals surface area contributed by atoms with E-state index in [2.05, 4.69) is 0 Å². The normalized spacial score (nSPS) is 25.1. The number of sulfone groups is 1. The van der Waals surface area contributed by atoms with Gasteiger partial charge in [0.15, 0.2) is 14.6 Å². The maximum absolute atomic E-state index is 12.6. The van der Waals surface area contributed by atoms with Crippen molar-refractivity contribution in [2.24, 2.45) is 0 Å². The van der Waals surface area contributed by atoms with Crippen LogP contribution in [0.5, 0.6) is 0 Å². The summed E-state index contributed by atoms with van der Waals surface area (Å²) in [6.45, 7) is 4.73. The van der Waals surface area contributed by atoms with Crippen molar-refractivity contribution < 1.29 is 22.7 Å². The average Bonchev–Trinajstić information content (AvgIpc) is 2.38. The Morgan fingerprint density at radius 1 is 1.21 bits per heavy atom. The van der Waals surface area contributed by atoms with Crippen molar-refractivity contribution in [1.29, 1.82) is 0 Å². The van der Waals surface area contributed by atoms with Gasteiger partial charge in [-0.05, 0) is 46.5 Å². The summed E-state index contributed by atoms with van der Waals surface area (Å²) >= 11 is 0. The van der Waals surface area contributed by atoms with E-state index in [4.69, 9.17) is 9.47 Å². The van der Waals surface area contributed by atoms with Crippen LogP contribution in [0.3, 0.4) is 0 Å². The van der Waals surface area contributed by atoms with Gasteiger partial charge in [-0.3, -0.25) is 4.79 Å². The predicted octanol–water partition coefficient (Wildman–Crippen LogP) is 1.70. The third-order valence-electron chi connectivity index (χ3n) is 3.87. The Hall–Kier alpha value is -0.620. The summed E-state index contributed by atoms with van der Waals surface area (Å²) in [5.74, 6) is -0.663. The van der Waals surface area contributed by atoms with E-state index >= 15 is 0 Å². The SMILES string of the molecule is CCOC(=O)C(C)(C)S(=O)(=O)C1CCC(OC)CC1. The van der Waals surface area contributed by atoms with Crippen LogP contribution in [0.2, 0.25) is 0 Å². The van der Waals surface area contributed by atoms with Crippen LogP contribution in [-0.2, 0) is 24.1 Å². The molecule has 0 N–H and O–H groups in total. The molecule has 6 heteroatoms. The zero-order valence-electron chi connectivity index (χ0n) is 12.1. The topological polar surface area (TPSA) is 69.7 Å². The first-order valence-corrected chi connectivity index (χ1v) is 8.25. The number of carbonyl (C=O) groups is 1. The van der Waals surface area contributed by atoms with Crippen LogP contribution in [0.25, 0.3) is 0 Å². The molecule has 1 fully saturated rings. The van der Waals surface area contributed by atoms with Crippen molar-refractivity contribution >= 4 is 15.8 Å². The molecular formula is C13H24O5S. The Bertz CT molecular complexity index is 405. The molecule has 112 valence electrons. The lowest BCUT2D eigenvalue weighted by Crippen LogP contribution is -2.48. The minimum atomic E-state index is -3.54. The summed E-state index contributed by atoms with van der Waals surface area (Å²) < 4.78 is 33.8. The molecule has 5 nitrogen and oxygen atoms in total. The second kappa shape index (κ2) is 6.22. The third-order valence-corrected chi connectivity index (χ3v) is 6.81. The molecule has 0 atom stereocenters. The maximum Gasteiger partial charge on any atom is 0.326 e. The molecule has 0 saturated heterocycles. The first-order chi connectivity index (χ1) is 8.77. The number of carbonyl (C=O) groups excluding carboxylic acids is 1. The fraction of sp³-hybridized carbons (Fsp3) is 0.923. The number of rotatable bonds is 5. The van der Waals surface area contributed by atoms with Crippen LogP contribution < -0.4 is 0 Å². The molecule has 0 radical (unpaired) electrons. The van der Waals surface area contributed by atoms with Crippen LogP contribution in [-0.4, -0.2) is 44.2 Å². The number of methoxy groups -OCH3 is 1. The molecule has 0 bridgehead atoms. The van der Waals surface area contributed by atoms with Crippen molar-refractivity contribution in [2.45, 2.75) is 62.6 Å². The molecule has 1 rings (SSSR count). The predicted molar refractivity (Wildman–Crippen MR) is 72.7 cm³/mol. The smallest absolute Gasteiger partial charge is 0.326 e. The monoisotopic (exact) mass is 292 g/mol. The highest BCUT2D eigenvalue weighted by molar-refractivity contribution is 7.94. The Kier molecular flexibility index (Phi) is 5.38. The fourth-order valence-corrected chi connectivity index (χ4v) is 4.43. The lowest BCUT2D eigenvalue weighted by atomic mass is 9.97. The Morgan fingerprint density at radius 2 is 1.74 bits per heavy atom. The molecule has 19 heavy (non-hydrogen) atoms. The van der Waals surface area contributed by atoms with Gasteiger partial charge in [-0.1, -0.05) is 0 Å². The van der Waals surface area contributed by atoms with Gasteiger partial charge in [0.1, 0.15) is 0 Å². The standard InChI is InChI=1S/C13H24O5S/c1-5-18-12(14)13(2,3)19(15,16)11-8-6-10(17-4)7-9-11/h10-11H,5-9H2,1-4H3. The fourth-order valence-electron chi connectivity index (χ4n) is 2.42. The van der Waals surface area contributed by atoms with Crippen molar-refractivity contribution in [3.05, 3.63) is 0 Å². The lowest BCUT2D eigenvalue weighted by molar-refractivity contribution is -0.145. The van der Waals surface area contributed by atoms with Crippen LogP contribution in [0.4, 0.5) is 0 Å². The van der Waals surface area contributed by atoms with E-state index in [1.165, 1.54) is 13.8 Å². The zero-order valence-corrected chi connectivity index (χ0v) is 13.0. The molecule has 0 unspecified atom stereocenters. The van der Waals surface area contributed by atoms with Gasteiger partial charge in [0, 0.05) is 7.11 Å². The molecule has 0 aromatic carbocycles. The Balaban J connectivity index is 2.83. The summed E-state index contributed by atoms with van der Waals surface area (Å²) in [7, 11) is -1.90. The Labute approximate surface area is 115 Å². The highest BCUT2D eigenvalue weighted by Gasteiger charge is 2.48.